The Kier molecular flexibility index (Phi) is 4.22. The van der Waals surface area contributed by atoms with Crippen LogP contribution in [-0.2, 0) is 21.1 Å². The molecule has 1 aliphatic rings. The normalized spacial score (nSPS) is 17.8. The van der Waals surface area contributed by atoms with Gasteiger partial charge in [0.1, 0.15) is 5.60 Å². The summed E-state index contributed by atoms with van der Waals surface area (Å²) >= 11 is 5.87. The largest absolute Gasteiger partial charge is 0.444 e. The maximum absolute atomic E-state index is 12.3. The molecule has 2 rings (SSSR count). The Balaban J connectivity index is 2.33. The van der Waals surface area contributed by atoms with Crippen LogP contribution in [0.15, 0.2) is 23.1 Å². The minimum absolute atomic E-state index is 0.101. The molecule has 0 radical (unpaired) electrons. The number of rotatable bonds is 0. The Morgan fingerprint density at radius 3 is 2.62 bits per heavy atom. The number of carbonyl (C=O) groups is 1. The third-order valence-corrected chi connectivity index (χ3v) is 5.01. The van der Waals surface area contributed by atoms with Crippen molar-refractivity contribution >= 4 is 27.5 Å². The number of fused-ring (bicyclic) bond motifs is 1. The van der Waals surface area contributed by atoms with Crippen molar-refractivity contribution in [2.75, 3.05) is 12.3 Å². The van der Waals surface area contributed by atoms with Crippen molar-refractivity contribution in [3.05, 3.63) is 28.8 Å². The summed E-state index contributed by atoms with van der Waals surface area (Å²) in [5.74, 6) is -0.139. The standard InChI is InChI=1S/C14H18ClNO4S/c1-14(2,3)20-13(17)16-6-7-21(18,19)12-8-11(15)5-4-10(12)9-16/h4-5,8H,6-7,9H2,1-3H3. The van der Waals surface area contributed by atoms with E-state index in [1.165, 1.54) is 11.0 Å². The van der Waals surface area contributed by atoms with Crippen LogP contribution in [0.25, 0.3) is 0 Å². The zero-order valence-corrected chi connectivity index (χ0v) is 13.8. The van der Waals surface area contributed by atoms with Crippen molar-refractivity contribution in [2.24, 2.45) is 0 Å². The van der Waals surface area contributed by atoms with Crippen molar-refractivity contribution in [2.45, 2.75) is 37.8 Å². The number of hydrogen-bond acceptors (Lipinski definition) is 4. The molecule has 1 aromatic carbocycles. The minimum atomic E-state index is -3.45. The van der Waals surface area contributed by atoms with Crippen molar-refractivity contribution in [3.8, 4) is 0 Å². The lowest BCUT2D eigenvalue weighted by Crippen LogP contribution is -2.37. The zero-order chi connectivity index (χ0) is 15.8. The predicted molar refractivity (Wildman–Crippen MR) is 80.1 cm³/mol. The van der Waals surface area contributed by atoms with E-state index in [-0.39, 0.29) is 23.7 Å². The van der Waals surface area contributed by atoms with Crippen LogP contribution in [0.1, 0.15) is 26.3 Å². The first kappa shape index (κ1) is 16.1. The number of hydrogen-bond donors (Lipinski definition) is 0. The van der Waals surface area contributed by atoms with E-state index >= 15 is 0 Å². The number of halogens is 1. The molecule has 0 saturated carbocycles. The monoisotopic (exact) mass is 331 g/mol. The number of sulfone groups is 1. The number of carbonyl (C=O) groups excluding carboxylic acids is 1. The first-order chi connectivity index (χ1) is 9.58. The third-order valence-electron chi connectivity index (χ3n) is 3.01. The molecule has 5 nitrogen and oxygen atoms in total. The van der Waals surface area contributed by atoms with Gasteiger partial charge in [0.15, 0.2) is 9.84 Å². The van der Waals surface area contributed by atoms with E-state index in [0.29, 0.717) is 10.6 Å². The van der Waals surface area contributed by atoms with Gasteiger partial charge < -0.3 is 9.64 Å². The van der Waals surface area contributed by atoms with Crippen LogP contribution in [0.2, 0.25) is 5.02 Å². The van der Waals surface area contributed by atoms with Gasteiger partial charge in [-0.2, -0.15) is 0 Å². The molecule has 1 heterocycles. The highest BCUT2D eigenvalue weighted by Gasteiger charge is 2.30. The maximum atomic E-state index is 12.3. The van der Waals surface area contributed by atoms with Gasteiger partial charge in [-0.25, -0.2) is 13.2 Å². The SMILES string of the molecule is CC(C)(C)OC(=O)N1CCS(=O)(=O)c2cc(Cl)ccc2C1. The second-order valence-electron chi connectivity index (χ2n) is 5.97. The van der Waals surface area contributed by atoms with Gasteiger partial charge in [0.25, 0.3) is 0 Å². The molecule has 0 saturated heterocycles. The molecule has 0 aromatic heterocycles. The lowest BCUT2D eigenvalue weighted by atomic mass is 10.2. The third kappa shape index (κ3) is 3.89. The molecular weight excluding hydrogens is 314 g/mol. The Morgan fingerprint density at radius 2 is 2.00 bits per heavy atom. The van der Waals surface area contributed by atoms with E-state index in [9.17, 15) is 13.2 Å². The summed E-state index contributed by atoms with van der Waals surface area (Å²) in [7, 11) is -3.45. The molecule has 0 atom stereocenters. The molecule has 0 bridgehead atoms. The van der Waals surface area contributed by atoms with Gasteiger partial charge in [-0.05, 0) is 38.5 Å². The smallest absolute Gasteiger partial charge is 0.410 e. The Hall–Kier alpha value is -1.27. The van der Waals surface area contributed by atoms with Gasteiger partial charge in [0.2, 0.25) is 0 Å². The number of nitrogens with zero attached hydrogens (tertiary/aromatic N) is 1. The van der Waals surface area contributed by atoms with Crippen molar-refractivity contribution in [3.63, 3.8) is 0 Å². The Labute approximate surface area is 129 Å². The van der Waals surface area contributed by atoms with Gasteiger partial charge in [-0.1, -0.05) is 17.7 Å². The molecule has 116 valence electrons. The van der Waals surface area contributed by atoms with Crippen molar-refractivity contribution in [1.29, 1.82) is 0 Å². The van der Waals surface area contributed by atoms with E-state index in [1.54, 1.807) is 32.9 Å². The molecule has 1 aromatic rings. The number of benzene rings is 1. The van der Waals surface area contributed by atoms with Crippen LogP contribution in [0, 0.1) is 0 Å². The maximum Gasteiger partial charge on any atom is 0.410 e. The predicted octanol–water partition coefficient (Wildman–Crippen LogP) is 2.86. The molecule has 0 N–H and O–H groups in total. The Morgan fingerprint density at radius 1 is 1.33 bits per heavy atom. The van der Waals surface area contributed by atoms with Gasteiger partial charge in [-0.3, -0.25) is 0 Å². The second kappa shape index (κ2) is 5.50. The van der Waals surface area contributed by atoms with E-state index in [1.807, 2.05) is 0 Å². The van der Waals surface area contributed by atoms with Gasteiger partial charge in [0, 0.05) is 11.6 Å². The fourth-order valence-electron chi connectivity index (χ4n) is 2.06. The summed E-state index contributed by atoms with van der Waals surface area (Å²) in [6.07, 6.45) is -0.513. The van der Waals surface area contributed by atoms with Crippen LogP contribution < -0.4 is 0 Å². The summed E-state index contributed by atoms with van der Waals surface area (Å²) in [6, 6.07) is 4.69. The van der Waals surface area contributed by atoms with Crippen LogP contribution in [-0.4, -0.2) is 37.3 Å². The quantitative estimate of drug-likeness (QED) is 0.733. The lowest BCUT2D eigenvalue weighted by Gasteiger charge is -2.26. The highest BCUT2D eigenvalue weighted by Crippen LogP contribution is 2.26. The van der Waals surface area contributed by atoms with Gasteiger partial charge in [-0.15, -0.1) is 0 Å². The summed E-state index contributed by atoms with van der Waals surface area (Å²) in [4.78, 5) is 13.7. The number of ether oxygens (including phenoxy) is 1. The lowest BCUT2D eigenvalue weighted by molar-refractivity contribution is 0.0247. The van der Waals surface area contributed by atoms with Crippen LogP contribution >= 0.6 is 11.6 Å². The van der Waals surface area contributed by atoms with Crippen molar-refractivity contribution in [1.82, 2.24) is 4.90 Å². The van der Waals surface area contributed by atoms with Crippen LogP contribution in [0.5, 0.6) is 0 Å². The Bertz CT molecular complexity index is 664. The minimum Gasteiger partial charge on any atom is -0.444 e. The molecule has 21 heavy (non-hydrogen) atoms. The molecule has 7 heteroatoms. The first-order valence-electron chi connectivity index (χ1n) is 6.58. The molecule has 0 aliphatic carbocycles. The van der Waals surface area contributed by atoms with E-state index in [0.717, 1.165) is 0 Å². The van der Waals surface area contributed by atoms with Crippen molar-refractivity contribution < 1.29 is 17.9 Å². The first-order valence-corrected chi connectivity index (χ1v) is 8.61. The van der Waals surface area contributed by atoms with Crippen LogP contribution in [0.4, 0.5) is 4.79 Å². The summed E-state index contributed by atoms with van der Waals surface area (Å²) in [6.45, 7) is 5.61. The fourth-order valence-corrected chi connectivity index (χ4v) is 3.81. The topological polar surface area (TPSA) is 63.7 Å². The van der Waals surface area contributed by atoms with E-state index < -0.39 is 21.5 Å². The average molecular weight is 332 g/mol. The molecule has 1 amide bonds. The molecule has 1 aliphatic heterocycles. The summed E-state index contributed by atoms with van der Waals surface area (Å²) < 4.78 is 29.8. The molecular formula is C14H18ClNO4S. The van der Waals surface area contributed by atoms with Gasteiger partial charge in [0.05, 0.1) is 17.2 Å². The molecule has 0 fully saturated rings. The average Bonchev–Trinajstić information content (AvgIpc) is 2.45. The van der Waals surface area contributed by atoms with E-state index in [4.69, 9.17) is 16.3 Å². The highest BCUT2D eigenvalue weighted by atomic mass is 35.5. The number of amides is 1. The fraction of sp³-hybridized carbons (Fsp3) is 0.500. The van der Waals surface area contributed by atoms with Crippen LogP contribution in [0.3, 0.4) is 0 Å². The second-order valence-corrected chi connectivity index (χ2v) is 8.49. The highest BCUT2D eigenvalue weighted by molar-refractivity contribution is 7.91. The van der Waals surface area contributed by atoms with E-state index in [2.05, 4.69) is 0 Å². The molecule has 0 spiro atoms. The summed E-state index contributed by atoms with van der Waals surface area (Å²) in [5, 5.41) is 0.364. The molecule has 0 unspecified atom stereocenters. The zero-order valence-electron chi connectivity index (χ0n) is 12.2. The van der Waals surface area contributed by atoms with Gasteiger partial charge >= 0.3 is 6.09 Å². The summed E-state index contributed by atoms with van der Waals surface area (Å²) in [5.41, 5.74) is -0.0618.